The Hall–Kier alpha value is -2.57. The molecule has 2 rings (SSSR count). The number of rotatable bonds is 4. The van der Waals surface area contributed by atoms with Crippen LogP contribution < -0.4 is 10.1 Å². The summed E-state index contributed by atoms with van der Waals surface area (Å²) in [5, 5.41) is 1.79. The van der Waals surface area contributed by atoms with E-state index >= 15 is 0 Å². The van der Waals surface area contributed by atoms with E-state index in [-0.39, 0.29) is 6.54 Å². The second-order valence-corrected chi connectivity index (χ2v) is 4.10. The van der Waals surface area contributed by atoms with Crippen LogP contribution in [0, 0.1) is 0 Å². The second-order valence-electron chi connectivity index (χ2n) is 4.10. The molecule has 1 aromatic heterocycles. The first-order valence-electron chi connectivity index (χ1n) is 5.98. The lowest BCUT2D eigenvalue weighted by Gasteiger charge is -2.09. The molecular weight excluding hydrogens is 285 g/mol. The van der Waals surface area contributed by atoms with Gasteiger partial charge in [-0.05, 0) is 23.8 Å². The Morgan fingerprint density at radius 2 is 2.00 bits per heavy atom. The summed E-state index contributed by atoms with van der Waals surface area (Å²) in [6, 6.07) is 11.5. The van der Waals surface area contributed by atoms with Crippen molar-refractivity contribution < 1.29 is 22.7 Å². The Labute approximate surface area is 118 Å². The maximum Gasteiger partial charge on any atom is 0.471 e. The van der Waals surface area contributed by atoms with E-state index in [4.69, 9.17) is 4.74 Å². The Bertz CT molecular complexity index is 615. The van der Waals surface area contributed by atoms with Crippen LogP contribution in [0.3, 0.4) is 0 Å². The number of ether oxygens (including phenoxy) is 1. The van der Waals surface area contributed by atoms with Crippen molar-refractivity contribution in [1.82, 2.24) is 10.3 Å². The molecule has 7 heteroatoms. The highest BCUT2D eigenvalue weighted by atomic mass is 19.4. The largest absolute Gasteiger partial charge is 0.471 e. The number of nitrogens with zero attached hydrogens (tertiary/aromatic N) is 1. The van der Waals surface area contributed by atoms with Crippen molar-refractivity contribution in [1.29, 1.82) is 0 Å². The standard InChI is InChI=1S/C14H11F3N2O2/c15-14(16,17)13(20)19-9-10-4-3-5-11(8-10)21-12-6-1-2-7-18-12/h1-8H,9H2,(H,19,20). The maximum atomic E-state index is 12.1. The number of carbonyl (C=O) groups excluding carboxylic acids is 1. The van der Waals surface area contributed by atoms with Crippen molar-refractivity contribution in [2.24, 2.45) is 0 Å². The third-order valence-corrected chi connectivity index (χ3v) is 2.47. The topological polar surface area (TPSA) is 51.2 Å². The van der Waals surface area contributed by atoms with E-state index in [9.17, 15) is 18.0 Å². The summed E-state index contributed by atoms with van der Waals surface area (Å²) in [6.07, 6.45) is -3.33. The molecule has 4 nitrogen and oxygen atoms in total. The summed E-state index contributed by atoms with van der Waals surface area (Å²) in [5.74, 6) is -1.18. The van der Waals surface area contributed by atoms with Crippen molar-refractivity contribution in [3.63, 3.8) is 0 Å². The zero-order valence-corrected chi connectivity index (χ0v) is 10.7. The Morgan fingerprint density at radius 1 is 1.19 bits per heavy atom. The van der Waals surface area contributed by atoms with E-state index < -0.39 is 12.1 Å². The van der Waals surface area contributed by atoms with Crippen LogP contribution in [0.2, 0.25) is 0 Å². The molecule has 1 N–H and O–H groups in total. The van der Waals surface area contributed by atoms with Crippen molar-refractivity contribution in [2.75, 3.05) is 0 Å². The van der Waals surface area contributed by atoms with Gasteiger partial charge in [-0.1, -0.05) is 18.2 Å². The van der Waals surface area contributed by atoms with Crippen molar-refractivity contribution in [3.8, 4) is 11.6 Å². The fourth-order valence-corrected chi connectivity index (χ4v) is 1.53. The average Bonchev–Trinajstić information content (AvgIpc) is 2.45. The molecule has 0 bridgehead atoms. The fraction of sp³-hybridized carbons (Fsp3) is 0.143. The lowest BCUT2D eigenvalue weighted by atomic mass is 10.2. The molecule has 1 aromatic carbocycles. The van der Waals surface area contributed by atoms with Crippen LogP contribution >= 0.6 is 0 Å². The summed E-state index contributed by atoms with van der Waals surface area (Å²) in [4.78, 5) is 14.7. The molecule has 0 unspecified atom stereocenters. The van der Waals surface area contributed by atoms with Crippen LogP contribution in [0.1, 0.15) is 5.56 Å². The molecule has 0 spiro atoms. The van der Waals surface area contributed by atoms with Crippen LogP contribution in [-0.2, 0) is 11.3 Å². The lowest BCUT2D eigenvalue weighted by Crippen LogP contribution is -2.36. The fourth-order valence-electron chi connectivity index (χ4n) is 1.53. The number of alkyl halides is 3. The average molecular weight is 296 g/mol. The van der Waals surface area contributed by atoms with Gasteiger partial charge in [0.15, 0.2) is 0 Å². The number of hydrogen-bond donors (Lipinski definition) is 1. The minimum absolute atomic E-state index is 0.238. The molecule has 0 radical (unpaired) electrons. The maximum absolute atomic E-state index is 12.1. The lowest BCUT2D eigenvalue weighted by molar-refractivity contribution is -0.173. The molecule has 110 valence electrons. The molecule has 0 aliphatic rings. The van der Waals surface area contributed by atoms with Gasteiger partial charge in [-0.25, -0.2) is 4.98 Å². The van der Waals surface area contributed by atoms with E-state index in [1.54, 1.807) is 47.9 Å². The van der Waals surface area contributed by atoms with E-state index in [2.05, 4.69) is 4.98 Å². The number of benzene rings is 1. The van der Waals surface area contributed by atoms with Gasteiger partial charge in [0.05, 0.1) is 0 Å². The number of pyridine rings is 1. The molecule has 1 amide bonds. The third kappa shape index (κ3) is 4.48. The van der Waals surface area contributed by atoms with Gasteiger partial charge in [-0.3, -0.25) is 4.79 Å². The van der Waals surface area contributed by atoms with Crippen molar-refractivity contribution in [2.45, 2.75) is 12.7 Å². The molecule has 21 heavy (non-hydrogen) atoms. The van der Waals surface area contributed by atoms with Crippen LogP contribution in [0.25, 0.3) is 0 Å². The third-order valence-electron chi connectivity index (χ3n) is 2.47. The number of carbonyl (C=O) groups is 1. The highest BCUT2D eigenvalue weighted by molar-refractivity contribution is 5.81. The summed E-state index contributed by atoms with van der Waals surface area (Å²) >= 11 is 0. The SMILES string of the molecule is O=C(NCc1cccc(Oc2ccccn2)c1)C(F)(F)F. The first kappa shape index (κ1) is 14.8. The van der Waals surface area contributed by atoms with Crippen LogP contribution in [0.5, 0.6) is 11.6 Å². The van der Waals surface area contributed by atoms with Gasteiger partial charge in [0.2, 0.25) is 5.88 Å². The molecular formula is C14H11F3N2O2. The van der Waals surface area contributed by atoms with E-state index in [0.29, 0.717) is 17.2 Å². The van der Waals surface area contributed by atoms with Gasteiger partial charge in [-0.2, -0.15) is 13.2 Å². The van der Waals surface area contributed by atoms with Gasteiger partial charge in [0.25, 0.3) is 0 Å². The number of amides is 1. The van der Waals surface area contributed by atoms with Gasteiger partial charge < -0.3 is 10.1 Å². The summed E-state index contributed by atoms with van der Waals surface area (Å²) in [6.45, 7) is -0.238. The minimum atomic E-state index is -4.89. The van der Waals surface area contributed by atoms with Crippen molar-refractivity contribution in [3.05, 3.63) is 54.2 Å². The van der Waals surface area contributed by atoms with Gasteiger partial charge in [0.1, 0.15) is 5.75 Å². The number of hydrogen-bond acceptors (Lipinski definition) is 3. The van der Waals surface area contributed by atoms with Crippen molar-refractivity contribution >= 4 is 5.91 Å². The molecule has 0 aliphatic heterocycles. The number of nitrogens with one attached hydrogen (secondary N) is 1. The Morgan fingerprint density at radius 3 is 2.67 bits per heavy atom. The highest BCUT2D eigenvalue weighted by Crippen LogP contribution is 2.20. The summed E-state index contributed by atoms with van der Waals surface area (Å²) < 4.78 is 41.7. The predicted molar refractivity (Wildman–Crippen MR) is 68.7 cm³/mol. The first-order chi connectivity index (χ1) is 9.95. The molecule has 0 fully saturated rings. The summed E-state index contributed by atoms with van der Waals surface area (Å²) in [7, 11) is 0. The molecule has 0 saturated heterocycles. The Kier molecular flexibility index (Phi) is 4.42. The van der Waals surface area contributed by atoms with Gasteiger partial charge >= 0.3 is 12.1 Å². The molecule has 2 aromatic rings. The predicted octanol–water partition coefficient (Wildman–Crippen LogP) is 3.05. The van der Waals surface area contributed by atoms with Crippen LogP contribution in [-0.4, -0.2) is 17.1 Å². The quantitative estimate of drug-likeness (QED) is 0.943. The number of halogens is 3. The van der Waals surface area contributed by atoms with E-state index in [1.807, 2.05) is 0 Å². The van der Waals surface area contributed by atoms with E-state index in [0.717, 1.165) is 0 Å². The van der Waals surface area contributed by atoms with E-state index in [1.165, 1.54) is 6.07 Å². The van der Waals surface area contributed by atoms with Crippen LogP contribution in [0.15, 0.2) is 48.7 Å². The van der Waals surface area contributed by atoms with Gasteiger partial charge in [-0.15, -0.1) is 0 Å². The molecule has 0 atom stereocenters. The minimum Gasteiger partial charge on any atom is -0.439 e. The zero-order chi connectivity index (χ0) is 15.3. The Balaban J connectivity index is 2.00. The van der Waals surface area contributed by atoms with Crippen LogP contribution in [0.4, 0.5) is 13.2 Å². The monoisotopic (exact) mass is 296 g/mol. The smallest absolute Gasteiger partial charge is 0.439 e. The highest BCUT2D eigenvalue weighted by Gasteiger charge is 2.38. The normalized spacial score (nSPS) is 11.0. The summed E-state index contributed by atoms with van der Waals surface area (Å²) in [5.41, 5.74) is 0.487. The molecule has 0 saturated carbocycles. The number of aromatic nitrogens is 1. The second kappa shape index (κ2) is 6.25. The molecule has 1 heterocycles. The zero-order valence-electron chi connectivity index (χ0n) is 10.7. The first-order valence-corrected chi connectivity index (χ1v) is 5.98. The van der Waals surface area contributed by atoms with Gasteiger partial charge in [0, 0.05) is 18.8 Å². The molecule has 0 aliphatic carbocycles.